The van der Waals surface area contributed by atoms with Gasteiger partial charge >= 0.3 is 0 Å². The molecule has 3 aromatic heterocycles. The zero-order valence-corrected chi connectivity index (χ0v) is 11.7. The van der Waals surface area contributed by atoms with Crippen LogP contribution in [-0.4, -0.2) is 25.4 Å². The van der Waals surface area contributed by atoms with Crippen molar-refractivity contribution < 1.29 is 4.79 Å². The first-order valence-electron chi connectivity index (χ1n) is 6.54. The summed E-state index contributed by atoms with van der Waals surface area (Å²) in [6, 6.07) is 3.96. The fourth-order valence-electron chi connectivity index (χ4n) is 2.65. The van der Waals surface area contributed by atoms with Gasteiger partial charge in [0.2, 0.25) is 0 Å². The maximum Gasteiger partial charge on any atom is 0.253 e. The van der Waals surface area contributed by atoms with E-state index in [4.69, 9.17) is 0 Å². The van der Waals surface area contributed by atoms with Crippen molar-refractivity contribution in [2.45, 2.75) is 19.8 Å². The molecule has 1 aliphatic carbocycles. The molecule has 0 radical (unpaired) electrons. The van der Waals surface area contributed by atoms with Crippen molar-refractivity contribution >= 4 is 22.9 Å². The third-order valence-electron chi connectivity index (χ3n) is 3.58. The highest BCUT2D eigenvalue weighted by Gasteiger charge is 2.26. The summed E-state index contributed by atoms with van der Waals surface area (Å²) in [5.74, 6) is 1.73. The second-order valence-electron chi connectivity index (χ2n) is 5.18. The van der Waals surface area contributed by atoms with Crippen molar-refractivity contribution in [2.24, 2.45) is 5.92 Å². The molecule has 0 N–H and O–H groups in total. The van der Waals surface area contributed by atoms with Crippen LogP contribution < -0.4 is 0 Å². The van der Waals surface area contributed by atoms with Crippen LogP contribution in [-0.2, 0) is 6.42 Å². The summed E-state index contributed by atoms with van der Waals surface area (Å²) < 4.78 is 1.73. The molecule has 0 aromatic carbocycles. The third-order valence-corrected chi connectivity index (χ3v) is 4.45. The number of rotatable bonds is 1. The van der Waals surface area contributed by atoms with Gasteiger partial charge in [-0.05, 0) is 23.8 Å². The molecule has 100 valence electrons. The van der Waals surface area contributed by atoms with E-state index in [2.05, 4.69) is 22.0 Å². The fourth-order valence-corrected chi connectivity index (χ4v) is 3.30. The predicted octanol–water partition coefficient (Wildman–Crippen LogP) is 2.62. The number of nitrogens with zero attached hydrogens (tertiary/aromatic N) is 4. The summed E-state index contributed by atoms with van der Waals surface area (Å²) in [5, 5.41) is 6.53. The molecule has 0 saturated heterocycles. The average Bonchev–Trinajstić information content (AvgIpc) is 3.07. The summed E-state index contributed by atoms with van der Waals surface area (Å²) in [5.41, 5.74) is 1.63. The number of fused-ring (bicyclic) bond motifs is 3. The normalized spacial score (nSPS) is 18.4. The van der Waals surface area contributed by atoms with Crippen molar-refractivity contribution in [3.05, 3.63) is 35.0 Å². The van der Waals surface area contributed by atoms with E-state index >= 15 is 0 Å². The average molecular weight is 284 g/mol. The summed E-state index contributed by atoms with van der Waals surface area (Å²) in [4.78, 5) is 21.8. The van der Waals surface area contributed by atoms with Crippen LogP contribution >= 0.6 is 11.3 Å². The molecule has 5 nitrogen and oxygen atoms in total. The van der Waals surface area contributed by atoms with E-state index in [1.165, 1.54) is 0 Å². The van der Waals surface area contributed by atoms with Crippen LogP contribution in [0.5, 0.6) is 0 Å². The summed E-state index contributed by atoms with van der Waals surface area (Å²) >= 11 is 1.60. The zero-order chi connectivity index (χ0) is 13.7. The van der Waals surface area contributed by atoms with Gasteiger partial charge in [-0.15, -0.1) is 16.4 Å². The Balaban J connectivity index is 1.95. The largest absolute Gasteiger partial charge is 0.294 e. The minimum Gasteiger partial charge on any atom is -0.294 e. The summed E-state index contributed by atoms with van der Waals surface area (Å²) in [7, 11) is 0. The number of thiophene rings is 1. The van der Waals surface area contributed by atoms with Gasteiger partial charge in [-0.3, -0.25) is 4.79 Å². The van der Waals surface area contributed by atoms with E-state index < -0.39 is 0 Å². The number of hydrogen-bond acceptors (Lipinski definition) is 5. The first kappa shape index (κ1) is 11.7. The van der Waals surface area contributed by atoms with Crippen molar-refractivity contribution in [3.8, 4) is 10.7 Å². The van der Waals surface area contributed by atoms with Gasteiger partial charge in [0.1, 0.15) is 0 Å². The van der Waals surface area contributed by atoms with Crippen LogP contribution in [0.2, 0.25) is 0 Å². The maximum absolute atomic E-state index is 12.1. The Labute approximate surface area is 119 Å². The molecule has 0 aliphatic heterocycles. The SMILES string of the molecule is CC1CC(=O)c2cnc3nc(-c4cccs4)nn3c2C1. The zero-order valence-electron chi connectivity index (χ0n) is 10.9. The van der Waals surface area contributed by atoms with Crippen LogP contribution in [0.3, 0.4) is 0 Å². The number of hydrogen-bond donors (Lipinski definition) is 0. The molecule has 1 atom stereocenters. The number of Topliss-reactive ketones (excluding diaryl/α,β-unsaturated/α-hetero) is 1. The monoisotopic (exact) mass is 284 g/mol. The second-order valence-corrected chi connectivity index (χ2v) is 6.13. The van der Waals surface area contributed by atoms with Gasteiger partial charge in [-0.2, -0.15) is 9.50 Å². The molecule has 3 heterocycles. The molecule has 0 saturated carbocycles. The van der Waals surface area contributed by atoms with Crippen LogP contribution in [0.25, 0.3) is 16.5 Å². The molecule has 3 aromatic rings. The number of carbonyl (C=O) groups is 1. The van der Waals surface area contributed by atoms with Crippen LogP contribution in [0.15, 0.2) is 23.7 Å². The molecule has 0 fully saturated rings. The molecule has 0 spiro atoms. The van der Waals surface area contributed by atoms with E-state index in [0.717, 1.165) is 17.0 Å². The van der Waals surface area contributed by atoms with E-state index in [1.54, 1.807) is 22.0 Å². The topological polar surface area (TPSA) is 60.2 Å². The fraction of sp³-hybridized carbons (Fsp3) is 0.286. The number of aromatic nitrogens is 4. The van der Waals surface area contributed by atoms with Crippen LogP contribution in [0.1, 0.15) is 29.4 Å². The Kier molecular flexibility index (Phi) is 2.47. The predicted molar refractivity (Wildman–Crippen MR) is 75.9 cm³/mol. The van der Waals surface area contributed by atoms with E-state index in [1.807, 2.05) is 17.5 Å². The first-order chi connectivity index (χ1) is 9.72. The van der Waals surface area contributed by atoms with Crippen LogP contribution in [0, 0.1) is 5.92 Å². The first-order valence-corrected chi connectivity index (χ1v) is 7.42. The van der Waals surface area contributed by atoms with Gasteiger partial charge < -0.3 is 0 Å². The van der Waals surface area contributed by atoms with Gasteiger partial charge in [0.05, 0.1) is 16.1 Å². The molecule has 6 heteroatoms. The smallest absolute Gasteiger partial charge is 0.253 e. The third kappa shape index (κ3) is 1.68. The molecule has 0 amide bonds. The Bertz CT molecular complexity index is 806. The second kappa shape index (κ2) is 4.21. The van der Waals surface area contributed by atoms with Crippen molar-refractivity contribution in [1.29, 1.82) is 0 Å². The lowest BCUT2D eigenvalue weighted by atomic mass is 9.88. The van der Waals surface area contributed by atoms with Crippen molar-refractivity contribution in [1.82, 2.24) is 19.6 Å². The summed E-state index contributed by atoms with van der Waals surface area (Å²) in [6.45, 7) is 2.09. The molecule has 1 aliphatic rings. The Morgan fingerprint density at radius 3 is 3.10 bits per heavy atom. The van der Waals surface area contributed by atoms with Gasteiger partial charge in [0.25, 0.3) is 5.78 Å². The lowest BCUT2D eigenvalue weighted by Gasteiger charge is -2.19. The van der Waals surface area contributed by atoms with Gasteiger partial charge in [0, 0.05) is 12.6 Å². The van der Waals surface area contributed by atoms with E-state index in [-0.39, 0.29) is 5.78 Å². The highest BCUT2D eigenvalue weighted by atomic mass is 32.1. The van der Waals surface area contributed by atoms with Gasteiger partial charge in [0.15, 0.2) is 11.6 Å². The quantitative estimate of drug-likeness (QED) is 0.689. The van der Waals surface area contributed by atoms with Crippen molar-refractivity contribution in [3.63, 3.8) is 0 Å². The van der Waals surface area contributed by atoms with Gasteiger partial charge in [-0.25, -0.2) is 4.98 Å². The highest BCUT2D eigenvalue weighted by Crippen LogP contribution is 2.27. The maximum atomic E-state index is 12.1. The standard InChI is InChI=1S/C14H12N4OS/c1-8-5-10-9(11(19)6-8)7-15-14-16-13(17-18(10)14)12-3-2-4-20-12/h2-4,7-8H,5-6H2,1H3. The minimum absolute atomic E-state index is 0.154. The van der Waals surface area contributed by atoms with Gasteiger partial charge in [-0.1, -0.05) is 13.0 Å². The summed E-state index contributed by atoms with van der Waals surface area (Å²) in [6.07, 6.45) is 3.08. The Morgan fingerprint density at radius 2 is 2.30 bits per heavy atom. The Hall–Kier alpha value is -2.08. The number of ketones is 1. The molecular weight excluding hydrogens is 272 g/mol. The highest BCUT2D eigenvalue weighted by molar-refractivity contribution is 7.13. The number of carbonyl (C=O) groups excluding carboxylic acids is 1. The molecule has 0 bridgehead atoms. The minimum atomic E-state index is 0.154. The molecule has 1 unspecified atom stereocenters. The van der Waals surface area contributed by atoms with Crippen LogP contribution in [0.4, 0.5) is 0 Å². The van der Waals surface area contributed by atoms with E-state index in [9.17, 15) is 4.79 Å². The molecular formula is C14H12N4OS. The Morgan fingerprint density at radius 1 is 1.40 bits per heavy atom. The van der Waals surface area contributed by atoms with E-state index in [0.29, 0.717) is 29.5 Å². The lowest BCUT2D eigenvalue weighted by molar-refractivity contribution is 0.0951. The lowest BCUT2D eigenvalue weighted by Crippen LogP contribution is -2.21. The van der Waals surface area contributed by atoms with Crippen molar-refractivity contribution in [2.75, 3.05) is 0 Å². The molecule has 20 heavy (non-hydrogen) atoms. The molecule has 4 rings (SSSR count).